The number of nitrogens with one attached hydrogen (secondary N) is 1. The molecule has 1 aliphatic rings. The second-order valence-corrected chi connectivity index (χ2v) is 4.71. The van der Waals surface area contributed by atoms with Gasteiger partial charge in [0.25, 0.3) is 0 Å². The van der Waals surface area contributed by atoms with Crippen molar-refractivity contribution >= 4 is 23.3 Å². The first kappa shape index (κ1) is 13.1. The zero-order valence-corrected chi connectivity index (χ0v) is 10.5. The van der Waals surface area contributed by atoms with E-state index in [1.807, 2.05) is 0 Å². The number of anilines is 1. The lowest BCUT2D eigenvalue weighted by Crippen LogP contribution is -2.44. The van der Waals surface area contributed by atoms with E-state index in [9.17, 15) is 14.3 Å². The smallest absolute Gasteiger partial charge is 0.321 e. The van der Waals surface area contributed by atoms with Crippen LogP contribution in [0.2, 0.25) is 5.02 Å². The van der Waals surface area contributed by atoms with E-state index in [2.05, 4.69) is 5.32 Å². The first-order chi connectivity index (χ1) is 8.56. The van der Waals surface area contributed by atoms with Crippen molar-refractivity contribution in [2.24, 2.45) is 0 Å². The van der Waals surface area contributed by atoms with Crippen LogP contribution in [-0.4, -0.2) is 35.2 Å². The van der Waals surface area contributed by atoms with Gasteiger partial charge in [-0.25, -0.2) is 9.18 Å². The number of carbonyl (C=O) groups excluding carboxylic acids is 1. The molecule has 2 rings (SSSR count). The number of piperidine rings is 1. The molecule has 98 valence electrons. The minimum absolute atomic E-state index is 0.0357. The highest BCUT2D eigenvalue weighted by Gasteiger charge is 2.22. The molecule has 18 heavy (non-hydrogen) atoms. The van der Waals surface area contributed by atoms with Gasteiger partial charge in [-0.3, -0.25) is 0 Å². The lowest BCUT2D eigenvalue weighted by Gasteiger charge is -2.30. The second kappa shape index (κ2) is 5.54. The molecule has 1 fully saturated rings. The average Bonchev–Trinajstić information content (AvgIpc) is 2.34. The van der Waals surface area contributed by atoms with Crippen LogP contribution in [0.25, 0.3) is 0 Å². The van der Waals surface area contributed by atoms with Crippen molar-refractivity contribution in [3.05, 3.63) is 29.0 Å². The van der Waals surface area contributed by atoms with Crippen molar-refractivity contribution in [3.8, 4) is 0 Å². The van der Waals surface area contributed by atoms with Gasteiger partial charge in [-0.05, 0) is 31.0 Å². The highest BCUT2D eigenvalue weighted by Crippen LogP contribution is 2.20. The summed E-state index contributed by atoms with van der Waals surface area (Å²) in [6.07, 6.45) is 1.02. The molecule has 1 unspecified atom stereocenters. The number of urea groups is 1. The third kappa shape index (κ3) is 3.11. The van der Waals surface area contributed by atoms with Crippen LogP contribution in [0.5, 0.6) is 0 Å². The summed E-state index contributed by atoms with van der Waals surface area (Å²) < 4.78 is 13.0. The van der Waals surface area contributed by atoms with E-state index in [0.29, 0.717) is 25.2 Å². The van der Waals surface area contributed by atoms with Crippen molar-refractivity contribution in [1.29, 1.82) is 0 Å². The maximum absolute atomic E-state index is 13.0. The second-order valence-electron chi connectivity index (χ2n) is 4.30. The summed E-state index contributed by atoms with van der Waals surface area (Å²) in [6.45, 7) is 0.929. The van der Waals surface area contributed by atoms with E-state index in [1.54, 1.807) is 0 Å². The lowest BCUT2D eigenvalue weighted by molar-refractivity contribution is 0.0883. The van der Waals surface area contributed by atoms with Gasteiger partial charge < -0.3 is 15.3 Å². The zero-order chi connectivity index (χ0) is 13.1. The van der Waals surface area contributed by atoms with Crippen LogP contribution in [0, 0.1) is 5.82 Å². The number of amides is 2. The molecule has 0 bridgehead atoms. The van der Waals surface area contributed by atoms with Crippen molar-refractivity contribution in [3.63, 3.8) is 0 Å². The molecule has 2 N–H and O–H groups in total. The maximum atomic E-state index is 13.0. The van der Waals surface area contributed by atoms with Gasteiger partial charge in [0.2, 0.25) is 0 Å². The number of β-amino-alcohol motifs (C(OH)–C–C–N with tert-alkyl or cyclic N) is 1. The first-order valence-corrected chi connectivity index (χ1v) is 6.13. The molecule has 1 atom stereocenters. The molecular formula is C12H14ClFN2O2. The molecule has 0 aliphatic carbocycles. The number of rotatable bonds is 1. The molecule has 0 radical (unpaired) electrons. The fourth-order valence-corrected chi connectivity index (χ4v) is 2.10. The van der Waals surface area contributed by atoms with E-state index >= 15 is 0 Å². The summed E-state index contributed by atoms with van der Waals surface area (Å²) >= 11 is 5.63. The largest absolute Gasteiger partial charge is 0.391 e. The van der Waals surface area contributed by atoms with Crippen LogP contribution in [0.4, 0.5) is 14.9 Å². The first-order valence-electron chi connectivity index (χ1n) is 5.75. The van der Waals surface area contributed by atoms with Crippen LogP contribution in [0.15, 0.2) is 18.2 Å². The Morgan fingerprint density at radius 2 is 2.33 bits per heavy atom. The van der Waals surface area contributed by atoms with Gasteiger partial charge in [-0.15, -0.1) is 0 Å². The molecule has 1 aromatic rings. The van der Waals surface area contributed by atoms with Gasteiger partial charge in [0.1, 0.15) is 5.82 Å². The molecule has 0 aromatic heterocycles. The minimum Gasteiger partial charge on any atom is -0.391 e. The Balaban J connectivity index is 2.00. The molecule has 2 amide bonds. The zero-order valence-electron chi connectivity index (χ0n) is 9.70. The molecule has 1 saturated heterocycles. The number of aliphatic hydroxyl groups is 1. The van der Waals surface area contributed by atoms with Crippen LogP contribution < -0.4 is 5.32 Å². The van der Waals surface area contributed by atoms with Crippen molar-refractivity contribution < 1.29 is 14.3 Å². The Kier molecular flexibility index (Phi) is 4.04. The molecule has 1 aromatic carbocycles. The van der Waals surface area contributed by atoms with Gasteiger partial charge in [0, 0.05) is 18.8 Å². The van der Waals surface area contributed by atoms with Gasteiger partial charge in [-0.2, -0.15) is 0 Å². The summed E-state index contributed by atoms with van der Waals surface area (Å²) in [7, 11) is 0. The van der Waals surface area contributed by atoms with E-state index in [0.717, 1.165) is 6.42 Å². The van der Waals surface area contributed by atoms with E-state index in [-0.39, 0.29) is 11.1 Å². The summed E-state index contributed by atoms with van der Waals surface area (Å²) in [5.74, 6) is -0.525. The van der Waals surface area contributed by atoms with Crippen molar-refractivity contribution in [2.45, 2.75) is 18.9 Å². The highest BCUT2D eigenvalue weighted by atomic mass is 35.5. The topological polar surface area (TPSA) is 52.6 Å². The third-order valence-corrected chi connectivity index (χ3v) is 3.14. The summed E-state index contributed by atoms with van der Waals surface area (Å²) in [5, 5.41) is 12.1. The summed E-state index contributed by atoms with van der Waals surface area (Å²) in [6, 6.07) is 3.69. The van der Waals surface area contributed by atoms with Gasteiger partial charge >= 0.3 is 6.03 Å². The van der Waals surface area contributed by atoms with Crippen LogP contribution in [-0.2, 0) is 0 Å². The Bertz CT molecular complexity index is 456. The fourth-order valence-electron chi connectivity index (χ4n) is 1.92. The summed E-state index contributed by atoms with van der Waals surface area (Å²) in [4.78, 5) is 13.4. The number of carbonyl (C=O) groups is 1. The number of hydrogen-bond donors (Lipinski definition) is 2. The predicted molar refractivity (Wildman–Crippen MR) is 67.2 cm³/mol. The van der Waals surface area contributed by atoms with Crippen LogP contribution >= 0.6 is 11.6 Å². The van der Waals surface area contributed by atoms with Crippen molar-refractivity contribution in [2.75, 3.05) is 18.4 Å². The summed E-state index contributed by atoms with van der Waals surface area (Å²) in [5.41, 5.74) is 0.437. The molecule has 0 saturated carbocycles. The SMILES string of the molecule is O=C(Nc1ccc(F)c(Cl)c1)N1CCCC(O)C1. The fraction of sp³-hybridized carbons (Fsp3) is 0.417. The minimum atomic E-state index is -0.525. The van der Waals surface area contributed by atoms with Gasteiger partial charge in [0.05, 0.1) is 11.1 Å². The quantitative estimate of drug-likeness (QED) is 0.825. The Morgan fingerprint density at radius 1 is 1.56 bits per heavy atom. The number of likely N-dealkylation sites (tertiary alicyclic amines) is 1. The van der Waals surface area contributed by atoms with E-state index < -0.39 is 11.9 Å². The lowest BCUT2D eigenvalue weighted by atomic mass is 10.1. The Labute approximate surface area is 109 Å². The van der Waals surface area contributed by atoms with Crippen LogP contribution in [0.3, 0.4) is 0 Å². The molecule has 4 nitrogen and oxygen atoms in total. The molecule has 1 aliphatic heterocycles. The number of benzene rings is 1. The highest BCUT2D eigenvalue weighted by molar-refractivity contribution is 6.31. The standard InChI is InChI=1S/C12H14ClFN2O2/c13-10-6-8(3-4-11(10)14)15-12(18)16-5-1-2-9(17)7-16/h3-4,6,9,17H,1-2,5,7H2,(H,15,18). The number of hydrogen-bond acceptors (Lipinski definition) is 2. The Hall–Kier alpha value is -1.33. The van der Waals surface area contributed by atoms with Gasteiger partial charge in [0.15, 0.2) is 0 Å². The maximum Gasteiger partial charge on any atom is 0.321 e. The number of halogens is 2. The van der Waals surface area contributed by atoms with Crippen LogP contribution in [0.1, 0.15) is 12.8 Å². The third-order valence-electron chi connectivity index (χ3n) is 2.85. The molecule has 0 spiro atoms. The Morgan fingerprint density at radius 3 is 3.00 bits per heavy atom. The van der Waals surface area contributed by atoms with E-state index in [4.69, 9.17) is 11.6 Å². The number of aliphatic hydroxyl groups excluding tert-OH is 1. The molecule has 1 heterocycles. The number of nitrogens with zero attached hydrogens (tertiary/aromatic N) is 1. The van der Waals surface area contributed by atoms with Crippen molar-refractivity contribution in [1.82, 2.24) is 4.90 Å². The average molecular weight is 273 g/mol. The molecule has 6 heteroatoms. The monoisotopic (exact) mass is 272 g/mol. The predicted octanol–water partition coefficient (Wildman–Crippen LogP) is 2.47. The van der Waals surface area contributed by atoms with E-state index in [1.165, 1.54) is 23.1 Å². The van der Waals surface area contributed by atoms with Gasteiger partial charge in [-0.1, -0.05) is 11.6 Å². The molecular weight excluding hydrogens is 259 g/mol. The normalized spacial score (nSPS) is 19.7.